The van der Waals surface area contributed by atoms with Gasteiger partial charge in [-0.15, -0.1) is 0 Å². The quantitative estimate of drug-likeness (QED) is 0.911. The van der Waals surface area contributed by atoms with Crippen LogP contribution in [0.4, 0.5) is 0 Å². The predicted octanol–water partition coefficient (Wildman–Crippen LogP) is 3.69. The van der Waals surface area contributed by atoms with E-state index < -0.39 is 12.1 Å². The normalized spacial score (nSPS) is 12.0. The molecule has 2 rings (SSSR count). The topological polar surface area (TPSA) is 46.5 Å². The maximum absolute atomic E-state index is 11.4. The van der Waals surface area contributed by atoms with Crippen LogP contribution in [0.3, 0.4) is 0 Å². The molecule has 2 aromatic carbocycles. The summed E-state index contributed by atoms with van der Waals surface area (Å²) in [5, 5.41) is 9.36. The van der Waals surface area contributed by atoms with Crippen LogP contribution in [0.15, 0.2) is 42.5 Å². The molecule has 0 aliphatic carbocycles. The van der Waals surface area contributed by atoms with Gasteiger partial charge in [0, 0.05) is 6.42 Å². The predicted molar refractivity (Wildman–Crippen MR) is 82.9 cm³/mol. The van der Waals surface area contributed by atoms with Gasteiger partial charge in [0.05, 0.1) is 0 Å². The van der Waals surface area contributed by atoms with E-state index in [0.29, 0.717) is 12.2 Å². The average Bonchev–Trinajstić information content (AvgIpc) is 2.39. The van der Waals surface area contributed by atoms with Crippen molar-refractivity contribution in [1.82, 2.24) is 0 Å². The lowest BCUT2D eigenvalue weighted by Crippen LogP contribution is -2.29. The lowest BCUT2D eigenvalue weighted by atomic mass is 10.1. The van der Waals surface area contributed by atoms with Gasteiger partial charge in [0.1, 0.15) is 5.75 Å². The first kappa shape index (κ1) is 15.1. The van der Waals surface area contributed by atoms with Gasteiger partial charge in [0.25, 0.3) is 0 Å². The molecule has 2 aromatic rings. The number of hydrogen-bond donors (Lipinski definition) is 1. The van der Waals surface area contributed by atoms with Crippen molar-refractivity contribution in [2.45, 2.75) is 33.3 Å². The number of carboxylic acid groups (broad SMARTS) is 1. The zero-order valence-corrected chi connectivity index (χ0v) is 12.6. The minimum absolute atomic E-state index is 0.350. The molecule has 3 nitrogen and oxygen atoms in total. The summed E-state index contributed by atoms with van der Waals surface area (Å²) in [6.45, 7) is 5.94. The van der Waals surface area contributed by atoms with Crippen LogP contribution in [-0.2, 0) is 11.2 Å². The molecule has 1 atom stereocenters. The van der Waals surface area contributed by atoms with E-state index in [1.165, 1.54) is 0 Å². The fourth-order valence-corrected chi connectivity index (χ4v) is 2.28. The highest BCUT2D eigenvalue weighted by Gasteiger charge is 2.20. The Kier molecular flexibility index (Phi) is 4.63. The molecule has 0 heterocycles. The van der Waals surface area contributed by atoms with Crippen LogP contribution in [0.25, 0.3) is 0 Å². The van der Waals surface area contributed by atoms with E-state index in [1.54, 1.807) is 0 Å². The van der Waals surface area contributed by atoms with Crippen molar-refractivity contribution in [3.8, 4) is 5.75 Å². The molecule has 0 saturated heterocycles. The Morgan fingerprint density at radius 1 is 1.00 bits per heavy atom. The van der Waals surface area contributed by atoms with Gasteiger partial charge in [0.2, 0.25) is 0 Å². The molecule has 0 unspecified atom stereocenters. The first-order valence-electron chi connectivity index (χ1n) is 6.97. The summed E-state index contributed by atoms with van der Waals surface area (Å²) in [7, 11) is 0. The van der Waals surface area contributed by atoms with Gasteiger partial charge < -0.3 is 9.84 Å². The van der Waals surface area contributed by atoms with Crippen molar-refractivity contribution in [3.05, 3.63) is 64.7 Å². The van der Waals surface area contributed by atoms with E-state index in [2.05, 4.69) is 0 Å². The molecule has 0 aliphatic heterocycles. The van der Waals surface area contributed by atoms with E-state index in [9.17, 15) is 9.90 Å². The van der Waals surface area contributed by atoms with Crippen molar-refractivity contribution in [3.63, 3.8) is 0 Å². The van der Waals surface area contributed by atoms with Crippen LogP contribution in [-0.4, -0.2) is 17.2 Å². The lowest BCUT2D eigenvalue weighted by Gasteiger charge is -2.16. The van der Waals surface area contributed by atoms with Gasteiger partial charge in [-0.25, -0.2) is 4.79 Å². The van der Waals surface area contributed by atoms with Crippen LogP contribution >= 0.6 is 0 Å². The van der Waals surface area contributed by atoms with Crippen molar-refractivity contribution < 1.29 is 14.6 Å². The van der Waals surface area contributed by atoms with Gasteiger partial charge in [-0.1, -0.05) is 35.9 Å². The average molecular weight is 284 g/mol. The fourth-order valence-electron chi connectivity index (χ4n) is 2.28. The maximum atomic E-state index is 11.4. The van der Waals surface area contributed by atoms with Crippen LogP contribution in [0.2, 0.25) is 0 Å². The van der Waals surface area contributed by atoms with Crippen molar-refractivity contribution >= 4 is 5.97 Å². The first-order valence-corrected chi connectivity index (χ1v) is 6.97. The molecule has 0 amide bonds. The third kappa shape index (κ3) is 4.35. The highest BCUT2D eigenvalue weighted by atomic mass is 16.5. The Hall–Kier alpha value is -2.29. The largest absolute Gasteiger partial charge is 0.478 e. The number of aryl methyl sites for hydroxylation is 3. The molecule has 0 aliphatic rings. The number of hydrogen-bond acceptors (Lipinski definition) is 2. The number of ether oxygens (including phenoxy) is 1. The number of benzene rings is 2. The van der Waals surface area contributed by atoms with E-state index in [-0.39, 0.29) is 0 Å². The molecule has 0 aromatic heterocycles. The summed E-state index contributed by atoms with van der Waals surface area (Å²) in [6.07, 6.45) is -0.531. The minimum Gasteiger partial charge on any atom is -0.478 e. The second-order valence-corrected chi connectivity index (χ2v) is 5.46. The Balaban J connectivity index is 2.15. The van der Waals surface area contributed by atoms with E-state index in [0.717, 1.165) is 22.3 Å². The number of aliphatic carboxylic acids is 1. The molecule has 0 bridgehead atoms. The molecule has 0 radical (unpaired) electrons. The number of rotatable bonds is 5. The summed E-state index contributed by atoms with van der Waals surface area (Å²) in [5.74, 6) is -0.346. The van der Waals surface area contributed by atoms with Crippen molar-refractivity contribution in [2.75, 3.05) is 0 Å². The van der Waals surface area contributed by atoms with Gasteiger partial charge in [-0.3, -0.25) is 0 Å². The Morgan fingerprint density at radius 3 is 2.10 bits per heavy atom. The van der Waals surface area contributed by atoms with E-state index >= 15 is 0 Å². The number of carbonyl (C=O) groups is 1. The van der Waals surface area contributed by atoms with Crippen molar-refractivity contribution in [1.29, 1.82) is 0 Å². The Bertz CT molecular complexity index is 609. The zero-order chi connectivity index (χ0) is 15.4. The molecule has 3 heteroatoms. The highest BCUT2D eigenvalue weighted by Crippen LogP contribution is 2.19. The summed E-state index contributed by atoms with van der Waals surface area (Å²) < 4.78 is 5.67. The highest BCUT2D eigenvalue weighted by molar-refractivity contribution is 5.73. The monoisotopic (exact) mass is 284 g/mol. The zero-order valence-electron chi connectivity index (χ0n) is 12.6. The second kappa shape index (κ2) is 6.44. The summed E-state index contributed by atoms with van der Waals surface area (Å²) >= 11 is 0. The van der Waals surface area contributed by atoms with E-state index in [1.807, 2.05) is 63.2 Å². The smallest absolute Gasteiger partial charge is 0.345 e. The molecule has 0 spiro atoms. The van der Waals surface area contributed by atoms with E-state index in [4.69, 9.17) is 4.74 Å². The minimum atomic E-state index is -0.949. The lowest BCUT2D eigenvalue weighted by molar-refractivity contribution is -0.145. The van der Waals surface area contributed by atoms with Gasteiger partial charge in [-0.2, -0.15) is 0 Å². The first-order chi connectivity index (χ1) is 9.94. The Labute approximate surface area is 125 Å². The summed E-state index contributed by atoms with van der Waals surface area (Å²) in [6, 6.07) is 13.6. The van der Waals surface area contributed by atoms with Crippen LogP contribution in [0.5, 0.6) is 5.75 Å². The van der Waals surface area contributed by atoms with Gasteiger partial charge in [-0.05, 0) is 49.6 Å². The molecule has 21 heavy (non-hydrogen) atoms. The Morgan fingerprint density at radius 2 is 1.57 bits per heavy atom. The molecule has 1 N–H and O–H groups in total. The van der Waals surface area contributed by atoms with Crippen molar-refractivity contribution in [2.24, 2.45) is 0 Å². The maximum Gasteiger partial charge on any atom is 0.345 e. The third-order valence-corrected chi connectivity index (χ3v) is 3.29. The molecular formula is C18H20O3. The molecule has 0 saturated carbocycles. The summed E-state index contributed by atoms with van der Waals surface area (Å²) in [4.78, 5) is 11.4. The molecule has 110 valence electrons. The molecular weight excluding hydrogens is 264 g/mol. The van der Waals surface area contributed by atoms with Crippen LogP contribution in [0, 0.1) is 20.8 Å². The van der Waals surface area contributed by atoms with Gasteiger partial charge >= 0.3 is 5.97 Å². The fraction of sp³-hybridized carbons (Fsp3) is 0.278. The standard InChI is InChI=1S/C18H20O3/c1-12-4-6-15(7-5-12)11-17(18(19)20)21-16-9-13(2)8-14(3)10-16/h4-10,17H,11H2,1-3H3,(H,19,20)/t17-/m1/s1. The molecule has 0 fully saturated rings. The second-order valence-electron chi connectivity index (χ2n) is 5.46. The SMILES string of the molecule is Cc1ccc(C[C@@H](Oc2cc(C)cc(C)c2)C(=O)O)cc1. The van der Waals surface area contributed by atoms with Gasteiger partial charge in [0.15, 0.2) is 6.10 Å². The number of carboxylic acids is 1. The third-order valence-electron chi connectivity index (χ3n) is 3.29. The summed E-state index contributed by atoms with van der Waals surface area (Å²) in [5.41, 5.74) is 4.23. The van der Waals surface area contributed by atoms with Crippen LogP contribution < -0.4 is 4.74 Å². The van der Waals surface area contributed by atoms with Crippen LogP contribution in [0.1, 0.15) is 22.3 Å².